The van der Waals surface area contributed by atoms with E-state index in [1.54, 1.807) is 10.8 Å². The predicted molar refractivity (Wildman–Crippen MR) is 70.6 cm³/mol. The highest BCUT2D eigenvalue weighted by Crippen LogP contribution is 2.27. The molecule has 2 aromatic heterocycles. The van der Waals surface area contributed by atoms with Crippen molar-refractivity contribution in [2.24, 2.45) is 0 Å². The van der Waals surface area contributed by atoms with Gasteiger partial charge in [0.15, 0.2) is 5.65 Å². The zero-order chi connectivity index (χ0) is 12.7. The molecule has 0 unspecified atom stereocenters. The summed E-state index contributed by atoms with van der Waals surface area (Å²) in [6, 6.07) is 1.92. The number of imidazole rings is 1. The number of hydrogen-bond donors (Lipinski definition) is 1. The van der Waals surface area contributed by atoms with Crippen LogP contribution >= 0.6 is 15.9 Å². The van der Waals surface area contributed by atoms with Gasteiger partial charge in [0.05, 0.1) is 5.52 Å². The Hall–Kier alpha value is -1.43. The second-order valence-electron chi connectivity index (χ2n) is 4.59. The molecule has 0 aliphatic heterocycles. The van der Waals surface area contributed by atoms with E-state index in [2.05, 4.69) is 25.9 Å². The Labute approximate surface area is 111 Å². The molecule has 6 heteroatoms. The smallest absolute Gasteiger partial charge is 0.304 e. The largest absolute Gasteiger partial charge is 0.327 e. The van der Waals surface area contributed by atoms with E-state index in [4.69, 9.17) is 0 Å². The predicted octanol–water partition coefficient (Wildman–Crippen LogP) is 2.17. The van der Waals surface area contributed by atoms with Crippen LogP contribution in [0.3, 0.4) is 0 Å². The van der Waals surface area contributed by atoms with Crippen LogP contribution in [0.5, 0.6) is 0 Å². The van der Waals surface area contributed by atoms with E-state index in [0.29, 0.717) is 18.5 Å². The van der Waals surface area contributed by atoms with E-state index >= 15 is 0 Å². The topological polar surface area (TPSA) is 67.8 Å². The molecule has 18 heavy (non-hydrogen) atoms. The summed E-state index contributed by atoms with van der Waals surface area (Å²) in [5.74, 6) is 0.287. The number of ketones is 1. The first-order valence-electron chi connectivity index (χ1n) is 5.92. The van der Waals surface area contributed by atoms with Crippen LogP contribution in [0.2, 0.25) is 0 Å². The molecule has 0 radical (unpaired) electrons. The molecule has 5 nitrogen and oxygen atoms in total. The van der Waals surface area contributed by atoms with E-state index in [1.165, 1.54) is 0 Å². The third-order valence-corrected chi connectivity index (χ3v) is 3.83. The van der Waals surface area contributed by atoms with E-state index < -0.39 is 0 Å². The van der Waals surface area contributed by atoms with Gasteiger partial charge >= 0.3 is 5.69 Å². The number of fused-ring (bicyclic) bond motifs is 1. The molecule has 3 rings (SSSR count). The molecule has 1 aliphatic carbocycles. The molecule has 1 N–H and O–H groups in total. The number of rotatable bonds is 1. The Morgan fingerprint density at radius 2 is 2.06 bits per heavy atom. The van der Waals surface area contributed by atoms with Crippen LogP contribution in [-0.4, -0.2) is 20.3 Å². The second-order valence-corrected chi connectivity index (χ2v) is 5.51. The highest BCUT2D eigenvalue weighted by Gasteiger charge is 2.23. The summed E-state index contributed by atoms with van der Waals surface area (Å²) >= 11 is 3.33. The number of carbonyl (C=O) groups excluding carboxylic acids is 1. The van der Waals surface area contributed by atoms with Gasteiger partial charge in [-0.3, -0.25) is 9.36 Å². The molecule has 2 heterocycles. The fourth-order valence-electron chi connectivity index (χ4n) is 2.51. The quantitative estimate of drug-likeness (QED) is 0.878. The Bertz CT molecular complexity index is 664. The first-order chi connectivity index (χ1) is 8.65. The number of nitrogens with zero attached hydrogens (tertiary/aromatic N) is 2. The molecule has 0 saturated heterocycles. The summed E-state index contributed by atoms with van der Waals surface area (Å²) in [5.41, 5.74) is 1.25. The summed E-state index contributed by atoms with van der Waals surface area (Å²) in [7, 11) is 0. The number of aromatic amines is 1. The Morgan fingerprint density at radius 3 is 2.78 bits per heavy atom. The average Bonchev–Trinajstić information content (AvgIpc) is 2.65. The lowest BCUT2D eigenvalue weighted by Gasteiger charge is -2.21. The molecule has 0 aromatic carbocycles. The Kier molecular flexibility index (Phi) is 2.81. The highest BCUT2D eigenvalue weighted by atomic mass is 79.9. The third-order valence-electron chi connectivity index (χ3n) is 3.40. The fraction of sp³-hybridized carbons (Fsp3) is 0.417. The number of nitrogens with one attached hydrogen (secondary N) is 1. The van der Waals surface area contributed by atoms with E-state index in [0.717, 1.165) is 22.8 Å². The van der Waals surface area contributed by atoms with Crippen molar-refractivity contribution in [2.75, 3.05) is 0 Å². The summed E-state index contributed by atoms with van der Waals surface area (Å²) < 4.78 is 2.52. The first kappa shape index (κ1) is 11.6. The maximum Gasteiger partial charge on any atom is 0.327 e. The molecular weight excluding hydrogens is 298 g/mol. The van der Waals surface area contributed by atoms with Crippen molar-refractivity contribution in [3.63, 3.8) is 0 Å². The summed E-state index contributed by atoms with van der Waals surface area (Å²) in [5, 5.41) is 0. The van der Waals surface area contributed by atoms with Crippen LogP contribution < -0.4 is 5.69 Å². The fourth-order valence-corrected chi connectivity index (χ4v) is 2.84. The maximum atomic E-state index is 12.0. The van der Waals surface area contributed by atoms with Crippen LogP contribution in [0.1, 0.15) is 31.7 Å². The van der Waals surface area contributed by atoms with Crippen LogP contribution in [0.4, 0.5) is 0 Å². The van der Waals surface area contributed by atoms with Gasteiger partial charge in [0, 0.05) is 29.6 Å². The standard InChI is InChI=1S/C12H12BrN3O2/c13-7-5-10-11(14-6-7)16(12(18)15-10)8-1-3-9(17)4-2-8/h5-6,8H,1-4H2,(H,15,18). The lowest BCUT2D eigenvalue weighted by molar-refractivity contribution is -0.120. The van der Waals surface area contributed by atoms with E-state index in [1.807, 2.05) is 6.07 Å². The molecule has 0 spiro atoms. The van der Waals surface area contributed by atoms with E-state index in [-0.39, 0.29) is 17.5 Å². The molecule has 94 valence electrons. The molecule has 0 atom stereocenters. The summed E-state index contributed by atoms with van der Waals surface area (Å²) in [6.45, 7) is 0. The molecule has 0 bridgehead atoms. The van der Waals surface area contributed by atoms with Gasteiger partial charge in [0.25, 0.3) is 0 Å². The number of hydrogen-bond acceptors (Lipinski definition) is 3. The van der Waals surface area contributed by atoms with Gasteiger partial charge in [0.2, 0.25) is 0 Å². The van der Waals surface area contributed by atoms with Gasteiger partial charge in [-0.15, -0.1) is 0 Å². The van der Waals surface area contributed by atoms with Crippen LogP contribution in [0.15, 0.2) is 21.5 Å². The van der Waals surface area contributed by atoms with Gasteiger partial charge in [-0.1, -0.05) is 0 Å². The SMILES string of the molecule is O=C1CCC(n2c(=O)[nH]c3cc(Br)cnc32)CC1. The number of carbonyl (C=O) groups is 1. The zero-order valence-corrected chi connectivity index (χ0v) is 11.2. The number of pyridine rings is 1. The van der Waals surface area contributed by atoms with Gasteiger partial charge in [-0.25, -0.2) is 9.78 Å². The van der Waals surface area contributed by atoms with Gasteiger partial charge in [0.1, 0.15) is 5.78 Å². The van der Waals surface area contributed by atoms with Crippen LogP contribution in [0, 0.1) is 0 Å². The van der Waals surface area contributed by atoms with Crippen LogP contribution in [-0.2, 0) is 4.79 Å². The van der Waals surface area contributed by atoms with Crippen molar-refractivity contribution in [3.05, 3.63) is 27.2 Å². The molecule has 0 amide bonds. The minimum absolute atomic E-state index is 0.0811. The summed E-state index contributed by atoms with van der Waals surface area (Å²) in [4.78, 5) is 30.4. The average molecular weight is 310 g/mol. The minimum atomic E-state index is -0.144. The van der Waals surface area contributed by atoms with Crippen molar-refractivity contribution >= 4 is 32.9 Å². The van der Waals surface area contributed by atoms with E-state index in [9.17, 15) is 9.59 Å². The number of aromatic nitrogens is 3. The molecule has 2 aromatic rings. The first-order valence-corrected chi connectivity index (χ1v) is 6.72. The Morgan fingerprint density at radius 1 is 1.33 bits per heavy atom. The Balaban J connectivity index is 2.08. The van der Waals surface area contributed by atoms with Crippen molar-refractivity contribution in [2.45, 2.75) is 31.7 Å². The van der Waals surface area contributed by atoms with Crippen molar-refractivity contribution in [3.8, 4) is 0 Å². The lowest BCUT2D eigenvalue weighted by Crippen LogP contribution is -2.26. The van der Waals surface area contributed by atoms with Crippen molar-refractivity contribution in [1.29, 1.82) is 0 Å². The maximum absolute atomic E-state index is 12.0. The third kappa shape index (κ3) is 1.90. The number of H-pyrrole nitrogens is 1. The van der Waals surface area contributed by atoms with Crippen molar-refractivity contribution in [1.82, 2.24) is 14.5 Å². The van der Waals surface area contributed by atoms with Crippen molar-refractivity contribution < 1.29 is 4.79 Å². The zero-order valence-electron chi connectivity index (χ0n) is 9.65. The molecule has 1 fully saturated rings. The molecule has 1 aliphatic rings. The molecular formula is C12H12BrN3O2. The van der Waals surface area contributed by atoms with Crippen LogP contribution in [0.25, 0.3) is 11.2 Å². The van der Waals surface area contributed by atoms with Gasteiger partial charge in [-0.05, 0) is 34.8 Å². The normalized spacial score (nSPS) is 17.5. The van der Waals surface area contributed by atoms with Gasteiger partial charge in [-0.2, -0.15) is 0 Å². The van der Waals surface area contributed by atoms with Gasteiger partial charge < -0.3 is 4.98 Å². The monoisotopic (exact) mass is 309 g/mol. The molecule has 1 saturated carbocycles. The minimum Gasteiger partial charge on any atom is -0.304 e. The highest BCUT2D eigenvalue weighted by molar-refractivity contribution is 9.10. The number of Topliss-reactive ketones (excluding diaryl/α,β-unsaturated/α-hetero) is 1. The lowest BCUT2D eigenvalue weighted by atomic mass is 9.94. The number of halogens is 1. The second kappa shape index (κ2) is 4.35. The summed E-state index contributed by atoms with van der Waals surface area (Å²) in [6.07, 6.45) is 4.24.